The second-order valence-electron chi connectivity index (χ2n) is 5.70. The first-order chi connectivity index (χ1) is 9.43. The third kappa shape index (κ3) is 5.51. The summed E-state index contributed by atoms with van der Waals surface area (Å²) in [6.45, 7) is 11.6. The van der Waals surface area contributed by atoms with Crippen LogP contribution >= 0.6 is 0 Å². The average molecular weight is 279 g/mol. The van der Waals surface area contributed by atoms with Gasteiger partial charge in [0.05, 0.1) is 12.7 Å². The molecule has 1 unspecified atom stereocenters. The van der Waals surface area contributed by atoms with E-state index in [9.17, 15) is 0 Å². The Morgan fingerprint density at radius 2 is 1.70 bits per heavy atom. The lowest BCUT2D eigenvalue weighted by Crippen LogP contribution is -2.21. The van der Waals surface area contributed by atoms with Crippen LogP contribution in [-0.4, -0.2) is 25.4 Å². The van der Waals surface area contributed by atoms with Gasteiger partial charge in [-0.3, -0.25) is 0 Å². The summed E-state index contributed by atoms with van der Waals surface area (Å²) in [6.07, 6.45) is 2.18. The van der Waals surface area contributed by atoms with Crippen molar-refractivity contribution in [3.8, 4) is 5.75 Å². The van der Waals surface area contributed by atoms with Crippen molar-refractivity contribution in [1.82, 2.24) is 0 Å². The lowest BCUT2D eigenvalue weighted by molar-refractivity contribution is 0.0550. The maximum absolute atomic E-state index is 6.02. The van der Waals surface area contributed by atoms with E-state index in [0.717, 1.165) is 18.6 Å². The lowest BCUT2D eigenvalue weighted by atomic mass is 9.99. The fourth-order valence-corrected chi connectivity index (χ4v) is 2.26. The summed E-state index contributed by atoms with van der Waals surface area (Å²) in [5.74, 6) is 0.978. The van der Waals surface area contributed by atoms with E-state index in [1.165, 1.54) is 16.7 Å². The van der Waals surface area contributed by atoms with E-state index >= 15 is 0 Å². The highest BCUT2D eigenvalue weighted by molar-refractivity contribution is 5.43. The SMILES string of the molecule is CCC(N)Cc1cc(C)c(OCCOC(C)C)c(C)c1. The van der Waals surface area contributed by atoms with Crippen molar-refractivity contribution in [2.75, 3.05) is 13.2 Å². The third-order valence-corrected chi connectivity index (χ3v) is 3.32. The van der Waals surface area contributed by atoms with E-state index in [1.54, 1.807) is 0 Å². The number of nitrogens with two attached hydrogens (primary N) is 1. The number of hydrogen-bond donors (Lipinski definition) is 1. The van der Waals surface area contributed by atoms with E-state index < -0.39 is 0 Å². The molecule has 0 heterocycles. The van der Waals surface area contributed by atoms with Gasteiger partial charge in [0.15, 0.2) is 0 Å². The number of benzene rings is 1. The van der Waals surface area contributed by atoms with Crippen molar-refractivity contribution in [3.05, 3.63) is 28.8 Å². The number of rotatable bonds is 8. The second-order valence-corrected chi connectivity index (χ2v) is 5.70. The fraction of sp³-hybridized carbons (Fsp3) is 0.647. The van der Waals surface area contributed by atoms with Gasteiger partial charge in [-0.15, -0.1) is 0 Å². The molecule has 0 fully saturated rings. The molecule has 0 spiro atoms. The minimum Gasteiger partial charge on any atom is -0.491 e. The largest absolute Gasteiger partial charge is 0.491 e. The number of aryl methyl sites for hydroxylation is 2. The molecule has 20 heavy (non-hydrogen) atoms. The van der Waals surface area contributed by atoms with Gasteiger partial charge in [-0.25, -0.2) is 0 Å². The monoisotopic (exact) mass is 279 g/mol. The summed E-state index contributed by atoms with van der Waals surface area (Å²) < 4.78 is 11.3. The molecule has 0 bridgehead atoms. The van der Waals surface area contributed by atoms with Crippen LogP contribution in [0.15, 0.2) is 12.1 Å². The maximum atomic E-state index is 6.02. The van der Waals surface area contributed by atoms with Crippen molar-refractivity contribution < 1.29 is 9.47 Å². The summed E-state index contributed by atoms with van der Waals surface area (Å²) in [4.78, 5) is 0. The van der Waals surface area contributed by atoms with Crippen LogP contribution in [0.25, 0.3) is 0 Å². The molecule has 2 N–H and O–H groups in total. The molecular formula is C17H29NO2. The molecule has 1 aromatic rings. The zero-order valence-electron chi connectivity index (χ0n) is 13.5. The van der Waals surface area contributed by atoms with Gasteiger partial charge in [-0.05, 0) is 57.2 Å². The van der Waals surface area contributed by atoms with Gasteiger partial charge < -0.3 is 15.2 Å². The summed E-state index contributed by atoms with van der Waals surface area (Å²) in [7, 11) is 0. The lowest BCUT2D eigenvalue weighted by Gasteiger charge is -2.16. The van der Waals surface area contributed by atoms with Crippen molar-refractivity contribution in [2.24, 2.45) is 5.73 Å². The van der Waals surface area contributed by atoms with Crippen LogP contribution in [0.4, 0.5) is 0 Å². The van der Waals surface area contributed by atoms with Crippen LogP contribution in [0.1, 0.15) is 43.9 Å². The predicted molar refractivity (Wildman–Crippen MR) is 84.5 cm³/mol. The Morgan fingerprint density at radius 1 is 1.10 bits per heavy atom. The molecule has 0 aliphatic heterocycles. The molecule has 0 saturated heterocycles. The standard InChI is InChI=1S/C17H29NO2/c1-6-16(18)11-15-9-13(4)17(14(5)10-15)20-8-7-19-12(2)3/h9-10,12,16H,6-8,11,18H2,1-5H3. The van der Waals surface area contributed by atoms with Crippen LogP contribution in [0.5, 0.6) is 5.75 Å². The summed E-state index contributed by atoms with van der Waals surface area (Å²) in [6, 6.07) is 4.60. The van der Waals surface area contributed by atoms with Gasteiger partial charge in [0.2, 0.25) is 0 Å². The Balaban J connectivity index is 2.64. The van der Waals surface area contributed by atoms with Crippen molar-refractivity contribution >= 4 is 0 Å². The third-order valence-electron chi connectivity index (χ3n) is 3.32. The van der Waals surface area contributed by atoms with Crippen molar-refractivity contribution in [3.63, 3.8) is 0 Å². The van der Waals surface area contributed by atoms with Gasteiger partial charge in [0.1, 0.15) is 12.4 Å². The van der Waals surface area contributed by atoms with E-state index in [1.807, 2.05) is 13.8 Å². The topological polar surface area (TPSA) is 44.5 Å². The summed E-state index contributed by atoms with van der Waals surface area (Å²) in [5.41, 5.74) is 9.66. The highest BCUT2D eigenvalue weighted by Gasteiger charge is 2.09. The van der Waals surface area contributed by atoms with Crippen LogP contribution < -0.4 is 10.5 Å². The van der Waals surface area contributed by atoms with Crippen LogP contribution in [0, 0.1) is 13.8 Å². The van der Waals surface area contributed by atoms with Crippen LogP contribution in [-0.2, 0) is 11.2 Å². The highest BCUT2D eigenvalue weighted by Crippen LogP contribution is 2.25. The molecule has 0 aliphatic carbocycles. The molecule has 1 atom stereocenters. The molecule has 0 aliphatic rings. The smallest absolute Gasteiger partial charge is 0.125 e. The molecular weight excluding hydrogens is 250 g/mol. The van der Waals surface area contributed by atoms with Crippen molar-refractivity contribution in [2.45, 2.75) is 59.6 Å². The highest BCUT2D eigenvalue weighted by atomic mass is 16.5. The van der Waals surface area contributed by atoms with Gasteiger partial charge in [-0.1, -0.05) is 19.1 Å². The first-order valence-electron chi connectivity index (χ1n) is 7.54. The average Bonchev–Trinajstić information content (AvgIpc) is 2.36. The molecule has 0 amide bonds. The molecule has 114 valence electrons. The maximum Gasteiger partial charge on any atom is 0.125 e. The summed E-state index contributed by atoms with van der Waals surface area (Å²) >= 11 is 0. The van der Waals surface area contributed by atoms with E-state index in [4.69, 9.17) is 15.2 Å². The minimum atomic E-state index is 0.236. The number of hydrogen-bond acceptors (Lipinski definition) is 3. The molecule has 1 aromatic carbocycles. The minimum absolute atomic E-state index is 0.236. The first kappa shape index (κ1) is 17.0. The van der Waals surface area contributed by atoms with Gasteiger partial charge in [0.25, 0.3) is 0 Å². The van der Waals surface area contributed by atoms with E-state index in [0.29, 0.717) is 13.2 Å². The number of ether oxygens (including phenoxy) is 2. The Hall–Kier alpha value is -1.06. The molecule has 0 aromatic heterocycles. The van der Waals surface area contributed by atoms with Gasteiger partial charge >= 0.3 is 0 Å². The van der Waals surface area contributed by atoms with E-state index in [-0.39, 0.29) is 12.1 Å². The molecule has 3 nitrogen and oxygen atoms in total. The quantitative estimate of drug-likeness (QED) is 0.742. The first-order valence-corrected chi connectivity index (χ1v) is 7.54. The Bertz CT molecular complexity index is 392. The van der Waals surface area contributed by atoms with Crippen LogP contribution in [0.3, 0.4) is 0 Å². The molecule has 1 rings (SSSR count). The van der Waals surface area contributed by atoms with Crippen molar-refractivity contribution in [1.29, 1.82) is 0 Å². The molecule has 3 heteroatoms. The summed E-state index contributed by atoms with van der Waals surface area (Å²) in [5, 5.41) is 0. The molecule has 0 saturated carbocycles. The second kappa shape index (κ2) is 8.28. The molecule has 0 radical (unpaired) electrons. The fourth-order valence-electron chi connectivity index (χ4n) is 2.26. The Kier molecular flexibility index (Phi) is 7.03. The Morgan fingerprint density at radius 3 is 2.20 bits per heavy atom. The van der Waals surface area contributed by atoms with E-state index in [2.05, 4.69) is 32.9 Å². The predicted octanol–water partition coefficient (Wildman–Crippen LogP) is 3.39. The van der Waals surface area contributed by atoms with Crippen LogP contribution in [0.2, 0.25) is 0 Å². The zero-order chi connectivity index (χ0) is 15.1. The normalized spacial score (nSPS) is 12.8. The van der Waals surface area contributed by atoms with Gasteiger partial charge in [-0.2, -0.15) is 0 Å². The zero-order valence-corrected chi connectivity index (χ0v) is 13.5. The Labute approximate surface area is 123 Å². The van der Waals surface area contributed by atoms with Gasteiger partial charge in [0, 0.05) is 6.04 Å².